The van der Waals surface area contributed by atoms with Crippen LogP contribution in [0, 0.1) is 0 Å². The monoisotopic (exact) mass is 156 g/mol. The van der Waals surface area contributed by atoms with E-state index in [4.69, 9.17) is 10.2 Å². The predicted molar refractivity (Wildman–Crippen MR) is 46.5 cm³/mol. The maximum absolute atomic E-state index is 9.00. The van der Waals surface area contributed by atoms with Gasteiger partial charge >= 0.3 is 0 Å². The van der Waals surface area contributed by atoms with Crippen molar-refractivity contribution in [3.8, 4) is 0 Å². The van der Waals surface area contributed by atoms with Crippen LogP contribution < -0.4 is 0 Å². The van der Waals surface area contributed by atoms with E-state index >= 15 is 0 Å². The Morgan fingerprint density at radius 1 is 1.27 bits per heavy atom. The van der Waals surface area contributed by atoms with E-state index in [9.17, 15) is 0 Å². The van der Waals surface area contributed by atoms with E-state index in [0.717, 1.165) is 12.8 Å². The molecular weight excluding hydrogens is 140 g/mol. The van der Waals surface area contributed by atoms with Gasteiger partial charge in [0.2, 0.25) is 0 Å². The normalized spacial score (nSPS) is 15.9. The van der Waals surface area contributed by atoms with Gasteiger partial charge in [-0.05, 0) is 18.9 Å². The number of rotatable bonds is 1. The zero-order valence-electron chi connectivity index (χ0n) is 7.17. The van der Waals surface area contributed by atoms with Gasteiger partial charge in [0.25, 0.3) is 0 Å². The average molecular weight is 156 g/mol. The summed E-state index contributed by atoms with van der Waals surface area (Å²) in [7, 11) is 0. The Morgan fingerprint density at radius 2 is 1.82 bits per heavy atom. The SMILES string of the molecule is CC.OCC1=CCCC=C1O. The first-order chi connectivity index (χ1) is 5.34. The van der Waals surface area contributed by atoms with Crippen molar-refractivity contribution in [3.63, 3.8) is 0 Å². The highest BCUT2D eigenvalue weighted by molar-refractivity contribution is 5.27. The summed E-state index contributed by atoms with van der Waals surface area (Å²) >= 11 is 0. The molecule has 64 valence electrons. The van der Waals surface area contributed by atoms with Gasteiger partial charge < -0.3 is 10.2 Å². The van der Waals surface area contributed by atoms with Gasteiger partial charge in [0, 0.05) is 5.57 Å². The fraction of sp³-hybridized carbons (Fsp3) is 0.556. The Labute approximate surface area is 67.9 Å². The first kappa shape index (κ1) is 10.2. The van der Waals surface area contributed by atoms with Crippen molar-refractivity contribution in [1.82, 2.24) is 0 Å². The summed E-state index contributed by atoms with van der Waals surface area (Å²) in [5.74, 6) is 0.240. The molecule has 11 heavy (non-hydrogen) atoms. The molecule has 0 unspecified atom stereocenters. The van der Waals surface area contributed by atoms with E-state index < -0.39 is 0 Å². The molecule has 0 atom stereocenters. The third-order valence-corrected chi connectivity index (χ3v) is 1.39. The van der Waals surface area contributed by atoms with E-state index in [1.54, 1.807) is 6.08 Å². The van der Waals surface area contributed by atoms with Crippen molar-refractivity contribution in [1.29, 1.82) is 0 Å². The second kappa shape index (κ2) is 5.98. The first-order valence-corrected chi connectivity index (χ1v) is 4.04. The molecule has 0 aliphatic heterocycles. The number of hydrogen-bond acceptors (Lipinski definition) is 2. The minimum absolute atomic E-state index is 0.0532. The molecule has 2 heteroatoms. The molecule has 1 aliphatic carbocycles. The Hall–Kier alpha value is -0.760. The first-order valence-electron chi connectivity index (χ1n) is 4.04. The lowest BCUT2D eigenvalue weighted by molar-refractivity contribution is 0.311. The lowest BCUT2D eigenvalue weighted by Gasteiger charge is -2.06. The van der Waals surface area contributed by atoms with Gasteiger partial charge in [-0.1, -0.05) is 19.9 Å². The van der Waals surface area contributed by atoms with Crippen LogP contribution in [0.25, 0.3) is 0 Å². The second-order valence-electron chi connectivity index (χ2n) is 2.05. The molecule has 0 heterocycles. The fourth-order valence-corrected chi connectivity index (χ4v) is 0.859. The van der Waals surface area contributed by atoms with E-state index in [1.807, 2.05) is 19.9 Å². The Morgan fingerprint density at radius 3 is 2.18 bits per heavy atom. The van der Waals surface area contributed by atoms with Gasteiger partial charge in [-0.3, -0.25) is 0 Å². The number of hydrogen-bond donors (Lipinski definition) is 2. The second-order valence-corrected chi connectivity index (χ2v) is 2.05. The molecule has 0 saturated carbocycles. The van der Waals surface area contributed by atoms with Gasteiger partial charge in [0.05, 0.1) is 6.61 Å². The van der Waals surface area contributed by atoms with Crippen LogP contribution in [0.4, 0.5) is 0 Å². The summed E-state index contributed by atoms with van der Waals surface area (Å²) in [5, 5.41) is 17.6. The molecule has 0 bridgehead atoms. The topological polar surface area (TPSA) is 40.5 Å². The summed E-state index contributed by atoms with van der Waals surface area (Å²) in [6.45, 7) is 3.95. The van der Waals surface area contributed by atoms with Crippen LogP contribution in [-0.4, -0.2) is 16.8 Å². The van der Waals surface area contributed by atoms with Crippen LogP contribution in [-0.2, 0) is 0 Å². The van der Waals surface area contributed by atoms with Crippen LogP contribution in [0.2, 0.25) is 0 Å². The van der Waals surface area contributed by atoms with Gasteiger partial charge in [0.1, 0.15) is 5.76 Å². The van der Waals surface area contributed by atoms with Crippen LogP contribution in [0.3, 0.4) is 0 Å². The molecule has 0 spiro atoms. The number of aliphatic hydroxyl groups is 2. The largest absolute Gasteiger partial charge is 0.508 e. The smallest absolute Gasteiger partial charge is 0.116 e. The standard InChI is InChI=1S/C7H10O2.C2H6/c8-5-6-3-1-2-4-7(6)9;1-2/h3-4,8-9H,1-2,5H2;1-2H3. The van der Waals surface area contributed by atoms with Gasteiger partial charge in [0.15, 0.2) is 0 Å². The molecule has 0 amide bonds. The quantitative estimate of drug-likeness (QED) is 0.610. The third-order valence-electron chi connectivity index (χ3n) is 1.39. The number of aliphatic hydroxyl groups excluding tert-OH is 2. The minimum atomic E-state index is -0.0532. The molecule has 1 aliphatic rings. The Balaban J connectivity index is 0.000000461. The Kier molecular flexibility index (Phi) is 5.57. The van der Waals surface area contributed by atoms with E-state index in [-0.39, 0.29) is 12.4 Å². The molecule has 1 rings (SSSR count). The molecule has 0 fully saturated rings. The molecule has 0 aromatic rings. The highest BCUT2D eigenvalue weighted by Crippen LogP contribution is 2.14. The maximum Gasteiger partial charge on any atom is 0.116 e. The van der Waals surface area contributed by atoms with E-state index in [0.29, 0.717) is 5.57 Å². The highest BCUT2D eigenvalue weighted by Gasteiger charge is 2.03. The van der Waals surface area contributed by atoms with Crippen molar-refractivity contribution in [2.45, 2.75) is 26.7 Å². The third kappa shape index (κ3) is 3.23. The van der Waals surface area contributed by atoms with Crippen LogP contribution in [0.15, 0.2) is 23.5 Å². The van der Waals surface area contributed by atoms with Gasteiger partial charge in [-0.2, -0.15) is 0 Å². The summed E-state index contributed by atoms with van der Waals surface area (Å²) in [6.07, 6.45) is 5.40. The van der Waals surface area contributed by atoms with Gasteiger partial charge in [-0.15, -0.1) is 0 Å². The predicted octanol–water partition coefficient (Wildman–Crippen LogP) is 2.17. The zero-order chi connectivity index (χ0) is 8.69. The van der Waals surface area contributed by atoms with Crippen molar-refractivity contribution in [2.24, 2.45) is 0 Å². The molecule has 2 nitrogen and oxygen atoms in total. The minimum Gasteiger partial charge on any atom is -0.508 e. The fourth-order valence-electron chi connectivity index (χ4n) is 0.859. The summed E-state index contributed by atoms with van der Waals surface area (Å²) in [6, 6.07) is 0. The molecule has 0 saturated heterocycles. The van der Waals surface area contributed by atoms with Crippen molar-refractivity contribution < 1.29 is 10.2 Å². The molecule has 0 aromatic carbocycles. The summed E-state index contributed by atoms with van der Waals surface area (Å²) in [5.41, 5.74) is 0.654. The number of allylic oxidation sites excluding steroid dienone is 2. The summed E-state index contributed by atoms with van der Waals surface area (Å²) < 4.78 is 0. The average Bonchev–Trinajstić information content (AvgIpc) is 2.09. The highest BCUT2D eigenvalue weighted by atomic mass is 16.3. The summed E-state index contributed by atoms with van der Waals surface area (Å²) in [4.78, 5) is 0. The van der Waals surface area contributed by atoms with Crippen LogP contribution >= 0.6 is 0 Å². The van der Waals surface area contributed by atoms with Crippen molar-refractivity contribution in [2.75, 3.05) is 6.61 Å². The van der Waals surface area contributed by atoms with E-state index in [1.165, 1.54) is 0 Å². The molecule has 0 radical (unpaired) electrons. The lowest BCUT2D eigenvalue weighted by atomic mass is 10.1. The molecular formula is C9H16O2. The van der Waals surface area contributed by atoms with Crippen molar-refractivity contribution >= 4 is 0 Å². The molecule has 0 aromatic heterocycles. The Bertz CT molecular complexity index is 157. The van der Waals surface area contributed by atoms with E-state index in [2.05, 4.69) is 0 Å². The van der Waals surface area contributed by atoms with Gasteiger partial charge in [-0.25, -0.2) is 0 Å². The van der Waals surface area contributed by atoms with Crippen LogP contribution in [0.1, 0.15) is 26.7 Å². The maximum atomic E-state index is 9.00. The van der Waals surface area contributed by atoms with Crippen LogP contribution in [0.5, 0.6) is 0 Å². The zero-order valence-corrected chi connectivity index (χ0v) is 7.17. The lowest BCUT2D eigenvalue weighted by Crippen LogP contribution is -1.98. The van der Waals surface area contributed by atoms with Crippen molar-refractivity contribution in [3.05, 3.63) is 23.5 Å². The molecule has 2 N–H and O–H groups in total.